The lowest BCUT2D eigenvalue weighted by Crippen LogP contribution is -2.27. The van der Waals surface area contributed by atoms with Crippen molar-refractivity contribution >= 4 is 35.0 Å². The molecule has 0 aromatic heterocycles. The van der Waals surface area contributed by atoms with Crippen LogP contribution in [0.2, 0.25) is 0 Å². The lowest BCUT2D eigenvalue weighted by molar-refractivity contribution is -0.150. The van der Waals surface area contributed by atoms with E-state index in [0.29, 0.717) is 0 Å². The van der Waals surface area contributed by atoms with E-state index < -0.39 is 33.8 Å². The predicted octanol–water partition coefficient (Wildman–Crippen LogP) is 3.60. The van der Waals surface area contributed by atoms with Crippen molar-refractivity contribution in [1.29, 1.82) is 0 Å². The molecule has 100 valence electrons. The fourth-order valence-electron chi connectivity index (χ4n) is 1.34. The van der Waals surface area contributed by atoms with Crippen LogP contribution in [0.1, 0.15) is 33.6 Å². The summed E-state index contributed by atoms with van der Waals surface area (Å²) in [4.78, 5) is 23.5. The molecule has 0 heterocycles. The molecular formula is C12H13Cl2FO3. The van der Waals surface area contributed by atoms with Gasteiger partial charge in [0.05, 0.1) is 5.03 Å². The van der Waals surface area contributed by atoms with E-state index in [-0.39, 0.29) is 17.9 Å². The molecule has 3 nitrogen and oxygen atoms in total. The van der Waals surface area contributed by atoms with E-state index in [1.807, 2.05) is 0 Å². The van der Waals surface area contributed by atoms with Crippen molar-refractivity contribution in [3.05, 3.63) is 21.5 Å². The normalized spacial score (nSPS) is 18.0. The van der Waals surface area contributed by atoms with Gasteiger partial charge in [-0.2, -0.15) is 0 Å². The molecule has 0 amide bonds. The summed E-state index contributed by atoms with van der Waals surface area (Å²) < 4.78 is 18.9. The number of Topliss-reactive ketones (excluding diaryl/α,β-unsaturated/α-hetero) is 1. The summed E-state index contributed by atoms with van der Waals surface area (Å²) in [5.41, 5.74) is -1.48. The quantitative estimate of drug-likeness (QED) is 0.548. The number of carbonyl (C=O) groups is 2. The van der Waals surface area contributed by atoms with Gasteiger partial charge in [0.15, 0.2) is 11.6 Å². The molecule has 0 unspecified atom stereocenters. The molecule has 6 heteroatoms. The van der Waals surface area contributed by atoms with Gasteiger partial charge in [-0.15, -0.1) is 0 Å². The van der Waals surface area contributed by atoms with Crippen molar-refractivity contribution < 1.29 is 18.7 Å². The fraction of sp³-hybridized carbons (Fsp3) is 0.500. The third kappa shape index (κ3) is 3.56. The van der Waals surface area contributed by atoms with E-state index in [0.717, 1.165) is 0 Å². The third-order valence-electron chi connectivity index (χ3n) is 2.10. The standard InChI is InChI=1S/C12H13Cl2FO3/c1-12(2,3)18-11(17)8-7(16)5-4-6(13)9(14)10(8)15/h4-5H2,1-3H3. The van der Waals surface area contributed by atoms with Crippen LogP contribution in [0.3, 0.4) is 0 Å². The van der Waals surface area contributed by atoms with Crippen LogP contribution in [0, 0.1) is 0 Å². The lowest BCUT2D eigenvalue weighted by atomic mass is 10.1. The second kappa shape index (κ2) is 5.41. The molecule has 0 aromatic carbocycles. The predicted molar refractivity (Wildman–Crippen MR) is 67.0 cm³/mol. The average Bonchev–Trinajstić information content (AvgIpc) is 2.29. The van der Waals surface area contributed by atoms with E-state index in [2.05, 4.69) is 0 Å². The van der Waals surface area contributed by atoms with Gasteiger partial charge in [0.1, 0.15) is 11.2 Å². The molecule has 0 aromatic rings. The summed E-state index contributed by atoms with van der Waals surface area (Å²) in [7, 11) is 0. The average molecular weight is 295 g/mol. The Morgan fingerprint density at radius 2 is 1.83 bits per heavy atom. The second-order valence-corrected chi connectivity index (χ2v) is 5.67. The number of rotatable bonds is 1. The highest BCUT2D eigenvalue weighted by Crippen LogP contribution is 2.33. The molecule has 0 saturated carbocycles. The van der Waals surface area contributed by atoms with E-state index >= 15 is 0 Å². The first-order chi connectivity index (χ1) is 8.13. The zero-order valence-electron chi connectivity index (χ0n) is 10.3. The fourth-order valence-corrected chi connectivity index (χ4v) is 1.71. The number of ketones is 1. The van der Waals surface area contributed by atoms with Gasteiger partial charge < -0.3 is 4.74 Å². The van der Waals surface area contributed by atoms with Gasteiger partial charge in [-0.3, -0.25) is 4.79 Å². The van der Waals surface area contributed by atoms with Crippen LogP contribution in [0.15, 0.2) is 21.5 Å². The topological polar surface area (TPSA) is 43.4 Å². The Hall–Kier alpha value is -0.870. The van der Waals surface area contributed by atoms with Crippen molar-refractivity contribution in [3.63, 3.8) is 0 Å². The van der Waals surface area contributed by atoms with Crippen LogP contribution in [0.5, 0.6) is 0 Å². The number of esters is 1. The number of hydrogen-bond donors (Lipinski definition) is 0. The minimum Gasteiger partial charge on any atom is -0.456 e. The Kier molecular flexibility index (Phi) is 4.56. The molecular weight excluding hydrogens is 282 g/mol. The smallest absolute Gasteiger partial charge is 0.345 e. The highest BCUT2D eigenvalue weighted by molar-refractivity contribution is 6.41. The first-order valence-electron chi connectivity index (χ1n) is 5.34. The van der Waals surface area contributed by atoms with Crippen LogP contribution >= 0.6 is 23.2 Å². The first kappa shape index (κ1) is 15.2. The molecule has 0 saturated heterocycles. The van der Waals surface area contributed by atoms with Gasteiger partial charge >= 0.3 is 5.97 Å². The third-order valence-corrected chi connectivity index (χ3v) is 2.97. The molecule has 1 rings (SSSR count). The second-order valence-electron chi connectivity index (χ2n) is 4.83. The van der Waals surface area contributed by atoms with E-state index in [9.17, 15) is 14.0 Å². The largest absolute Gasteiger partial charge is 0.456 e. The summed E-state index contributed by atoms with van der Waals surface area (Å²) in [5, 5.41) is -0.371. The zero-order chi connectivity index (χ0) is 14.1. The molecule has 1 aliphatic rings. The van der Waals surface area contributed by atoms with Crippen molar-refractivity contribution in [2.24, 2.45) is 0 Å². The molecule has 18 heavy (non-hydrogen) atoms. The summed E-state index contributed by atoms with van der Waals surface area (Å²) in [6, 6.07) is 0. The Balaban J connectivity index is 3.18. The Bertz CT molecular complexity index is 458. The van der Waals surface area contributed by atoms with Crippen LogP contribution in [0.25, 0.3) is 0 Å². The van der Waals surface area contributed by atoms with Gasteiger partial charge in [-0.1, -0.05) is 23.2 Å². The van der Waals surface area contributed by atoms with E-state index in [4.69, 9.17) is 27.9 Å². The molecule has 0 aliphatic heterocycles. The molecule has 0 bridgehead atoms. The molecule has 0 spiro atoms. The van der Waals surface area contributed by atoms with Crippen LogP contribution in [-0.2, 0) is 14.3 Å². The summed E-state index contributed by atoms with van der Waals surface area (Å²) in [6.07, 6.45) is 0.0377. The van der Waals surface area contributed by atoms with Crippen LogP contribution < -0.4 is 0 Å². The molecule has 1 aliphatic carbocycles. The zero-order valence-corrected chi connectivity index (χ0v) is 11.8. The van der Waals surface area contributed by atoms with Gasteiger partial charge in [0.25, 0.3) is 0 Å². The number of halogens is 3. The van der Waals surface area contributed by atoms with Crippen LogP contribution in [0.4, 0.5) is 4.39 Å². The van der Waals surface area contributed by atoms with Gasteiger partial charge in [-0.25, -0.2) is 9.18 Å². The summed E-state index contributed by atoms with van der Waals surface area (Å²) in [6.45, 7) is 4.86. The summed E-state index contributed by atoms with van der Waals surface area (Å²) in [5.74, 6) is -2.79. The Morgan fingerprint density at radius 3 is 2.33 bits per heavy atom. The first-order valence-corrected chi connectivity index (χ1v) is 6.10. The van der Waals surface area contributed by atoms with Gasteiger partial charge in [0.2, 0.25) is 0 Å². The molecule has 0 N–H and O–H groups in total. The summed E-state index contributed by atoms with van der Waals surface area (Å²) >= 11 is 11.4. The maximum Gasteiger partial charge on any atom is 0.345 e. The molecule has 0 radical (unpaired) electrons. The Labute approximate surface area is 115 Å². The van der Waals surface area contributed by atoms with Gasteiger partial charge in [-0.05, 0) is 27.2 Å². The lowest BCUT2D eigenvalue weighted by Gasteiger charge is -2.20. The maximum absolute atomic E-state index is 13.9. The number of allylic oxidation sites excluding steroid dienone is 3. The number of hydrogen-bond acceptors (Lipinski definition) is 3. The van der Waals surface area contributed by atoms with E-state index in [1.165, 1.54) is 0 Å². The van der Waals surface area contributed by atoms with E-state index in [1.54, 1.807) is 20.8 Å². The Morgan fingerprint density at radius 1 is 1.28 bits per heavy atom. The number of ether oxygens (including phenoxy) is 1. The highest BCUT2D eigenvalue weighted by atomic mass is 35.5. The van der Waals surface area contributed by atoms with Crippen molar-refractivity contribution in [2.45, 2.75) is 39.2 Å². The van der Waals surface area contributed by atoms with Crippen molar-refractivity contribution in [1.82, 2.24) is 0 Å². The van der Waals surface area contributed by atoms with Gasteiger partial charge in [0, 0.05) is 11.5 Å². The minimum absolute atomic E-state index is 0.0288. The van der Waals surface area contributed by atoms with Crippen LogP contribution in [-0.4, -0.2) is 17.4 Å². The SMILES string of the molecule is CC(C)(C)OC(=O)C1=C(F)C(Cl)=C(Cl)CCC1=O. The molecule has 0 fully saturated rings. The maximum atomic E-state index is 13.9. The highest BCUT2D eigenvalue weighted by Gasteiger charge is 2.32. The van der Waals surface area contributed by atoms with Crippen molar-refractivity contribution in [2.75, 3.05) is 0 Å². The molecule has 0 atom stereocenters. The monoisotopic (exact) mass is 294 g/mol. The number of carbonyl (C=O) groups excluding carboxylic acids is 2. The van der Waals surface area contributed by atoms with Crippen molar-refractivity contribution in [3.8, 4) is 0 Å². The minimum atomic E-state index is -1.11.